The van der Waals surface area contributed by atoms with Gasteiger partial charge in [0, 0.05) is 39.1 Å². The van der Waals surface area contributed by atoms with Crippen LogP contribution in [0.15, 0.2) is 18.2 Å². The number of piperazine rings is 1. The molecule has 0 spiro atoms. The molecule has 1 N–H and O–H groups in total. The Hall–Kier alpha value is -2.49. The Morgan fingerprint density at radius 3 is 2.30 bits per heavy atom. The van der Waals surface area contributed by atoms with Gasteiger partial charge in [0.15, 0.2) is 9.84 Å². The standard InChI is InChI=1S/C17H22N4O5S/c1-12(22)20-6-8-21(9-7-20)17(24)15-4-2-3-14(19-15)16(23)18-13-5-10-27(25,26)11-13/h2-4,13H,5-11H2,1H3,(H,18,23). The molecule has 2 aliphatic heterocycles. The van der Waals surface area contributed by atoms with Gasteiger partial charge in [-0.05, 0) is 18.6 Å². The summed E-state index contributed by atoms with van der Waals surface area (Å²) >= 11 is 0. The van der Waals surface area contributed by atoms with Gasteiger partial charge in [-0.1, -0.05) is 6.07 Å². The average Bonchev–Trinajstić information content (AvgIpc) is 2.99. The molecule has 27 heavy (non-hydrogen) atoms. The van der Waals surface area contributed by atoms with Crippen molar-refractivity contribution in [1.82, 2.24) is 20.1 Å². The van der Waals surface area contributed by atoms with E-state index in [0.29, 0.717) is 32.6 Å². The highest BCUT2D eigenvalue weighted by atomic mass is 32.2. The fraction of sp³-hybridized carbons (Fsp3) is 0.529. The summed E-state index contributed by atoms with van der Waals surface area (Å²) in [7, 11) is -3.09. The molecule has 2 aliphatic rings. The Labute approximate surface area is 157 Å². The number of nitrogens with zero attached hydrogens (tertiary/aromatic N) is 3. The van der Waals surface area contributed by atoms with Crippen LogP contribution in [0.2, 0.25) is 0 Å². The summed E-state index contributed by atoms with van der Waals surface area (Å²) in [5.41, 5.74) is 0.227. The van der Waals surface area contributed by atoms with Crippen LogP contribution in [0.4, 0.5) is 0 Å². The molecule has 0 saturated carbocycles. The third-order valence-electron chi connectivity index (χ3n) is 4.78. The van der Waals surface area contributed by atoms with Crippen LogP contribution < -0.4 is 5.32 Å². The number of amides is 3. The predicted octanol–water partition coefficient (Wildman–Crippen LogP) is -0.697. The second kappa shape index (κ2) is 7.63. The van der Waals surface area contributed by atoms with Crippen molar-refractivity contribution < 1.29 is 22.8 Å². The molecular weight excluding hydrogens is 372 g/mol. The van der Waals surface area contributed by atoms with E-state index in [-0.39, 0.29) is 34.7 Å². The lowest BCUT2D eigenvalue weighted by Crippen LogP contribution is -2.50. The average molecular weight is 394 g/mol. The summed E-state index contributed by atoms with van der Waals surface area (Å²) in [6.07, 6.45) is 0.382. The molecule has 10 heteroatoms. The summed E-state index contributed by atoms with van der Waals surface area (Å²) in [6.45, 7) is 3.26. The molecule has 146 valence electrons. The van der Waals surface area contributed by atoms with Gasteiger partial charge >= 0.3 is 0 Å². The van der Waals surface area contributed by atoms with E-state index < -0.39 is 21.8 Å². The minimum atomic E-state index is -3.09. The molecule has 9 nitrogen and oxygen atoms in total. The van der Waals surface area contributed by atoms with Gasteiger partial charge in [-0.25, -0.2) is 13.4 Å². The van der Waals surface area contributed by atoms with Gasteiger partial charge in [-0.15, -0.1) is 0 Å². The number of rotatable bonds is 3. The zero-order chi connectivity index (χ0) is 19.6. The summed E-state index contributed by atoms with van der Waals surface area (Å²) in [5.74, 6) is -0.814. The topological polar surface area (TPSA) is 117 Å². The van der Waals surface area contributed by atoms with Crippen molar-refractivity contribution in [1.29, 1.82) is 0 Å². The van der Waals surface area contributed by atoms with Crippen LogP contribution in [0, 0.1) is 0 Å². The van der Waals surface area contributed by atoms with Gasteiger partial charge in [0.05, 0.1) is 11.5 Å². The van der Waals surface area contributed by atoms with Crippen molar-refractivity contribution in [2.24, 2.45) is 0 Å². The van der Waals surface area contributed by atoms with E-state index in [1.54, 1.807) is 15.9 Å². The first-order valence-electron chi connectivity index (χ1n) is 8.78. The Morgan fingerprint density at radius 2 is 1.70 bits per heavy atom. The molecule has 0 radical (unpaired) electrons. The van der Waals surface area contributed by atoms with E-state index in [1.807, 2.05) is 0 Å². The van der Waals surface area contributed by atoms with Gasteiger partial charge in [0.25, 0.3) is 11.8 Å². The molecule has 3 rings (SSSR count). The number of hydrogen-bond acceptors (Lipinski definition) is 6. The van der Waals surface area contributed by atoms with Crippen molar-refractivity contribution >= 4 is 27.6 Å². The zero-order valence-corrected chi connectivity index (χ0v) is 15.9. The second-order valence-corrected chi connectivity index (χ2v) is 9.01. The Kier molecular flexibility index (Phi) is 5.45. The minimum absolute atomic E-state index is 0.0205. The van der Waals surface area contributed by atoms with E-state index in [9.17, 15) is 22.8 Å². The van der Waals surface area contributed by atoms with Crippen LogP contribution in [0.1, 0.15) is 34.3 Å². The molecule has 3 heterocycles. The zero-order valence-electron chi connectivity index (χ0n) is 15.1. The quantitative estimate of drug-likeness (QED) is 0.725. The maximum absolute atomic E-state index is 12.6. The van der Waals surface area contributed by atoms with Crippen LogP contribution in [0.25, 0.3) is 0 Å². The normalized spacial score (nSPS) is 21.7. The van der Waals surface area contributed by atoms with E-state index in [2.05, 4.69) is 10.3 Å². The fourth-order valence-corrected chi connectivity index (χ4v) is 4.91. The summed E-state index contributed by atoms with van der Waals surface area (Å²) in [4.78, 5) is 43.8. The molecule has 3 amide bonds. The van der Waals surface area contributed by atoms with E-state index in [1.165, 1.54) is 19.1 Å². The van der Waals surface area contributed by atoms with E-state index >= 15 is 0 Å². The van der Waals surface area contributed by atoms with Gasteiger partial charge in [0.1, 0.15) is 11.4 Å². The highest BCUT2D eigenvalue weighted by Crippen LogP contribution is 2.13. The summed E-state index contributed by atoms with van der Waals surface area (Å²) < 4.78 is 23.0. The van der Waals surface area contributed by atoms with Crippen LogP contribution >= 0.6 is 0 Å². The summed E-state index contributed by atoms with van der Waals surface area (Å²) in [5, 5.41) is 2.67. The van der Waals surface area contributed by atoms with Crippen molar-refractivity contribution in [3.8, 4) is 0 Å². The number of sulfone groups is 1. The summed E-state index contributed by atoms with van der Waals surface area (Å²) in [6, 6.07) is 4.18. The molecule has 0 aromatic carbocycles. The first kappa shape index (κ1) is 19.3. The van der Waals surface area contributed by atoms with Crippen LogP contribution in [-0.4, -0.2) is 84.6 Å². The van der Waals surface area contributed by atoms with Crippen molar-refractivity contribution in [2.45, 2.75) is 19.4 Å². The van der Waals surface area contributed by atoms with Gasteiger partial charge < -0.3 is 15.1 Å². The van der Waals surface area contributed by atoms with Crippen molar-refractivity contribution in [2.75, 3.05) is 37.7 Å². The highest BCUT2D eigenvalue weighted by molar-refractivity contribution is 7.91. The van der Waals surface area contributed by atoms with E-state index in [4.69, 9.17) is 0 Å². The third kappa shape index (κ3) is 4.62. The Balaban J connectivity index is 1.64. The maximum atomic E-state index is 12.6. The fourth-order valence-electron chi connectivity index (χ4n) is 3.23. The first-order valence-corrected chi connectivity index (χ1v) is 10.6. The van der Waals surface area contributed by atoms with Gasteiger partial charge in [0.2, 0.25) is 5.91 Å². The lowest BCUT2D eigenvalue weighted by molar-refractivity contribution is -0.130. The molecule has 1 atom stereocenters. The molecule has 2 saturated heterocycles. The molecule has 0 bridgehead atoms. The monoisotopic (exact) mass is 394 g/mol. The third-order valence-corrected chi connectivity index (χ3v) is 6.55. The van der Waals surface area contributed by atoms with Gasteiger partial charge in [-0.2, -0.15) is 0 Å². The molecule has 2 fully saturated rings. The van der Waals surface area contributed by atoms with Gasteiger partial charge in [-0.3, -0.25) is 14.4 Å². The molecular formula is C17H22N4O5S. The largest absolute Gasteiger partial charge is 0.347 e. The lowest BCUT2D eigenvalue weighted by Gasteiger charge is -2.34. The number of nitrogens with one attached hydrogen (secondary N) is 1. The number of carbonyl (C=O) groups excluding carboxylic acids is 3. The second-order valence-electron chi connectivity index (χ2n) is 6.78. The molecule has 1 aromatic rings. The lowest BCUT2D eigenvalue weighted by atomic mass is 10.2. The van der Waals surface area contributed by atoms with Crippen LogP contribution in [0.3, 0.4) is 0 Å². The first-order chi connectivity index (χ1) is 12.7. The number of aromatic nitrogens is 1. The smallest absolute Gasteiger partial charge is 0.272 e. The van der Waals surface area contributed by atoms with Crippen LogP contribution in [-0.2, 0) is 14.6 Å². The number of hydrogen-bond donors (Lipinski definition) is 1. The van der Waals surface area contributed by atoms with Crippen molar-refractivity contribution in [3.05, 3.63) is 29.6 Å². The maximum Gasteiger partial charge on any atom is 0.272 e. The van der Waals surface area contributed by atoms with Crippen LogP contribution in [0.5, 0.6) is 0 Å². The number of pyridine rings is 1. The SMILES string of the molecule is CC(=O)N1CCN(C(=O)c2cccc(C(=O)NC3CCS(=O)(=O)C3)n2)CC1. The number of carbonyl (C=O) groups is 3. The van der Waals surface area contributed by atoms with E-state index in [0.717, 1.165) is 0 Å². The predicted molar refractivity (Wildman–Crippen MR) is 96.9 cm³/mol. The molecule has 0 aliphatic carbocycles. The highest BCUT2D eigenvalue weighted by Gasteiger charge is 2.30. The Bertz CT molecular complexity index is 862. The Morgan fingerprint density at radius 1 is 1.07 bits per heavy atom. The molecule has 1 aromatic heterocycles. The minimum Gasteiger partial charge on any atom is -0.347 e. The van der Waals surface area contributed by atoms with Crippen molar-refractivity contribution in [3.63, 3.8) is 0 Å². The molecule has 1 unspecified atom stereocenters.